The number of ether oxygens (including phenoxy) is 2. The van der Waals surface area contributed by atoms with E-state index in [1.165, 1.54) is 32.4 Å². The van der Waals surface area contributed by atoms with Crippen LogP contribution in [0.1, 0.15) is 31.8 Å². The number of nitrogens with zero attached hydrogens (tertiary/aromatic N) is 1. The van der Waals surface area contributed by atoms with Gasteiger partial charge in [0.25, 0.3) is 11.8 Å². The van der Waals surface area contributed by atoms with E-state index in [-0.39, 0.29) is 34.0 Å². The number of hydrogen-bond donors (Lipinski definition) is 0. The minimum Gasteiger partial charge on any atom is -0.493 e. The van der Waals surface area contributed by atoms with Gasteiger partial charge in [0.2, 0.25) is 0 Å². The minimum atomic E-state index is -0.576. The van der Waals surface area contributed by atoms with E-state index in [1.807, 2.05) is 0 Å². The molecule has 0 unspecified atom stereocenters. The fourth-order valence-corrected chi connectivity index (χ4v) is 3.06. The van der Waals surface area contributed by atoms with Crippen LogP contribution in [0.25, 0.3) is 0 Å². The van der Waals surface area contributed by atoms with Gasteiger partial charge in [-0.3, -0.25) is 14.5 Å². The summed E-state index contributed by atoms with van der Waals surface area (Å²) in [7, 11) is 2.82. The van der Waals surface area contributed by atoms with Gasteiger partial charge in [0.15, 0.2) is 11.5 Å². The lowest BCUT2D eigenvalue weighted by Crippen LogP contribution is -2.29. The molecule has 0 radical (unpaired) electrons. The van der Waals surface area contributed by atoms with Gasteiger partial charge in [0.1, 0.15) is 5.82 Å². The van der Waals surface area contributed by atoms with E-state index >= 15 is 0 Å². The molecule has 2 amide bonds. The minimum absolute atomic E-state index is 0.0992. The predicted octanol–water partition coefficient (Wildman–Crippen LogP) is 3.60. The van der Waals surface area contributed by atoms with Crippen molar-refractivity contribution >= 4 is 23.4 Å². The molecule has 0 saturated heterocycles. The van der Waals surface area contributed by atoms with Gasteiger partial charge in [0, 0.05) is 5.56 Å². The van der Waals surface area contributed by atoms with E-state index in [0.29, 0.717) is 11.3 Å². The molecule has 7 heteroatoms. The van der Waals surface area contributed by atoms with Crippen molar-refractivity contribution in [3.8, 4) is 11.5 Å². The van der Waals surface area contributed by atoms with E-state index in [0.717, 1.165) is 4.90 Å². The summed E-state index contributed by atoms with van der Waals surface area (Å²) in [6.45, 7) is 1.46. The zero-order valence-corrected chi connectivity index (χ0v) is 14.6. The van der Waals surface area contributed by atoms with Crippen LogP contribution in [0.5, 0.6) is 11.5 Å². The molecule has 1 aliphatic rings. The van der Waals surface area contributed by atoms with E-state index in [2.05, 4.69) is 0 Å². The van der Waals surface area contributed by atoms with Crippen molar-refractivity contribution in [1.29, 1.82) is 0 Å². The lowest BCUT2D eigenvalue weighted by molar-refractivity contribution is 0.0640. The van der Waals surface area contributed by atoms with Crippen LogP contribution in [0.2, 0.25) is 5.02 Å². The van der Waals surface area contributed by atoms with Gasteiger partial charge in [-0.2, -0.15) is 0 Å². The zero-order valence-electron chi connectivity index (χ0n) is 13.9. The van der Waals surface area contributed by atoms with E-state index in [9.17, 15) is 14.0 Å². The molecule has 2 aromatic carbocycles. The normalized spacial score (nSPS) is 13.2. The Bertz CT molecular complexity index is 897. The summed E-state index contributed by atoms with van der Waals surface area (Å²) >= 11 is 6.16. The second kappa shape index (κ2) is 6.37. The number of methoxy groups -OCH3 is 2. The van der Waals surface area contributed by atoms with Crippen LogP contribution in [0.3, 0.4) is 0 Å². The summed E-state index contributed by atoms with van der Waals surface area (Å²) < 4.78 is 24.6. The van der Waals surface area contributed by atoms with Gasteiger partial charge in [-0.15, -0.1) is 0 Å². The maximum atomic E-state index is 14.2. The first-order chi connectivity index (χ1) is 11.9. The summed E-state index contributed by atoms with van der Waals surface area (Å²) in [6.07, 6.45) is 0. The van der Waals surface area contributed by atoms with Crippen molar-refractivity contribution in [1.82, 2.24) is 4.90 Å². The Labute approximate surface area is 148 Å². The molecule has 3 rings (SSSR count). The van der Waals surface area contributed by atoms with Crippen LogP contribution in [0, 0.1) is 12.7 Å². The van der Waals surface area contributed by atoms with Crippen LogP contribution < -0.4 is 9.47 Å². The van der Waals surface area contributed by atoms with Gasteiger partial charge in [-0.25, -0.2) is 4.39 Å². The molecule has 0 bridgehead atoms. The van der Waals surface area contributed by atoms with Crippen LogP contribution >= 0.6 is 11.6 Å². The van der Waals surface area contributed by atoms with Crippen molar-refractivity contribution in [3.05, 3.63) is 57.4 Å². The second-order valence-electron chi connectivity index (χ2n) is 5.58. The molecule has 130 valence electrons. The average molecular weight is 364 g/mol. The van der Waals surface area contributed by atoms with Gasteiger partial charge < -0.3 is 9.47 Å². The van der Waals surface area contributed by atoms with Crippen LogP contribution in [-0.4, -0.2) is 30.9 Å². The summed E-state index contributed by atoms with van der Waals surface area (Å²) in [5.74, 6) is -1.16. The van der Waals surface area contributed by atoms with Crippen LogP contribution in [0.4, 0.5) is 4.39 Å². The molecule has 0 aliphatic carbocycles. The summed E-state index contributed by atoms with van der Waals surface area (Å²) in [5.41, 5.74) is 1.05. The third-order valence-corrected chi connectivity index (χ3v) is 4.70. The molecule has 0 saturated carbocycles. The number of carbonyl (C=O) groups excluding carboxylic acids is 2. The lowest BCUT2D eigenvalue weighted by Gasteiger charge is -2.16. The fraction of sp³-hybridized carbons (Fsp3) is 0.222. The topological polar surface area (TPSA) is 55.8 Å². The maximum Gasteiger partial charge on any atom is 0.265 e. The summed E-state index contributed by atoms with van der Waals surface area (Å²) in [4.78, 5) is 26.4. The largest absolute Gasteiger partial charge is 0.493 e. The van der Waals surface area contributed by atoms with E-state index < -0.39 is 17.6 Å². The molecule has 1 aliphatic heterocycles. The van der Waals surface area contributed by atoms with Crippen molar-refractivity contribution < 1.29 is 23.5 Å². The number of aryl methyl sites for hydroxylation is 1. The van der Waals surface area contributed by atoms with Crippen molar-refractivity contribution in [2.75, 3.05) is 14.2 Å². The molecule has 0 spiro atoms. The number of hydrogen-bond acceptors (Lipinski definition) is 4. The van der Waals surface area contributed by atoms with E-state index in [1.54, 1.807) is 13.0 Å². The first kappa shape index (κ1) is 17.2. The predicted molar refractivity (Wildman–Crippen MR) is 89.9 cm³/mol. The Morgan fingerprint density at radius 2 is 1.80 bits per heavy atom. The van der Waals surface area contributed by atoms with E-state index in [4.69, 9.17) is 21.1 Å². The molecular weight excluding hydrogens is 349 g/mol. The standard InChI is InChI=1S/C18H15ClFNO4/c1-9-4-6-12(20)11(15(9)19)8-21-17(22)10-5-7-13(24-2)16(25-3)14(10)18(21)23/h4-7H,8H2,1-3H3. The first-order valence-corrected chi connectivity index (χ1v) is 7.83. The number of amides is 2. The molecule has 0 aromatic heterocycles. The quantitative estimate of drug-likeness (QED) is 0.779. The zero-order chi connectivity index (χ0) is 18.3. The van der Waals surface area contributed by atoms with Crippen LogP contribution in [-0.2, 0) is 6.54 Å². The SMILES string of the molecule is COc1ccc2c(c1OC)C(=O)N(Cc1c(F)ccc(C)c1Cl)C2=O. The smallest absolute Gasteiger partial charge is 0.265 e. The number of benzene rings is 2. The highest BCUT2D eigenvalue weighted by Gasteiger charge is 2.40. The van der Waals surface area contributed by atoms with Crippen molar-refractivity contribution in [2.45, 2.75) is 13.5 Å². The molecule has 5 nitrogen and oxygen atoms in total. The molecular formula is C18H15ClFNO4. The van der Waals surface area contributed by atoms with Gasteiger partial charge in [0.05, 0.1) is 36.9 Å². The number of fused-ring (bicyclic) bond motifs is 1. The Morgan fingerprint density at radius 1 is 1.08 bits per heavy atom. The Hall–Kier alpha value is -2.60. The van der Waals surface area contributed by atoms with Crippen LogP contribution in [0.15, 0.2) is 24.3 Å². The third-order valence-electron chi connectivity index (χ3n) is 4.18. The Balaban J connectivity index is 2.06. The highest BCUT2D eigenvalue weighted by molar-refractivity contribution is 6.32. The molecule has 0 N–H and O–H groups in total. The highest BCUT2D eigenvalue weighted by atomic mass is 35.5. The summed E-state index contributed by atoms with van der Waals surface area (Å²) in [6, 6.07) is 5.84. The number of halogens is 2. The molecule has 0 atom stereocenters. The molecule has 2 aromatic rings. The molecule has 25 heavy (non-hydrogen) atoms. The Kier molecular flexibility index (Phi) is 4.39. The average Bonchev–Trinajstić information content (AvgIpc) is 2.85. The second-order valence-corrected chi connectivity index (χ2v) is 5.95. The molecule has 0 fully saturated rings. The first-order valence-electron chi connectivity index (χ1n) is 7.45. The van der Waals surface area contributed by atoms with Crippen molar-refractivity contribution in [3.63, 3.8) is 0 Å². The summed E-state index contributed by atoms with van der Waals surface area (Å²) in [5, 5.41) is 0.195. The fourth-order valence-electron chi connectivity index (χ4n) is 2.85. The van der Waals surface area contributed by atoms with Gasteiger partial charge in [-0.05, 0) is 30.7 Å². The van der Waals surface area contributed by atoms with Gasteiger partial charge >= 0.3 is 0 Å². The van der Waals surface area contributed by atoms with Crippen molar-refractivity contribution in [2.24, 2.45) is 0 Å². The third kappa shape index (κ3) is 2.62. The highest BCUT2D eigenvalue weighted by Crippen LogP contribution is 2.39. The van der Waals surface area contributed by atoms with Gasteiger partial charge in [-0.1, -0.05) is 17.7 Å². The molecule has 1 heterocycles. The number of carbonyl (C=O) groups is 2. The Morgan fingerprint density at radius 3 is 2.44 bits per heavy atom. The maximum absolute atomic E-state index is 14.2. The number of imide groups is 1. The number of rotatable bonds is 4. The lowest BCUT2D eigenvalue weighted by atomic mass is 10.1. The monoisotopic (exact) mass is 363 g/mol.